The Morgan fingerprint density at radius 1 is 0.962 bits per heavy atom. The number of pyridine rings is 1. The fourth-order valence-corrected chi connectivity index (χ4v) is 3.14. The number of carbonyl (C=O) groups is 1. The Balaban J connectivity index is 1.49. The number of aryl methyl sites for hydroxylation is 1. The van der Waals surface area contributed by atoms with Gasteiger partial charge >= 0.3 is 0 Å². The largest absolute Gasteiger partial charge is 0.340 e. The monoisotopic (exact) mass is 342 g/mol. The van der Waals surface area contributed by atoms with Crippen LogP contribution in [0.15, 0.2) is 78.0 Å². The Morgan fingerprint density at radius 3 is 2.27 bits per heavy atom. The van der Waals surface area contributed by atoms with E-state index in [1.807, 2.05) is 42.5 Å². The number of amides is 1. The van der Waals surface area contributed by atoms with Crippen molar-refractivity contribution in [3.8, 4) is 0 Å². The highest BCUT2D eigenvalue weighted by molar-refractivity contribution is 6.08. The van der Waals surface area contributed by atoms with E-state index in [1.54, 1.807) is 12.4 Å². The Labute approximate surface area is 151 Å². The van der Waals surface area contributed by atoms with Crippen LogP contribution in [-0.2, 0) is 11.3 Å². The fourth-order valence-electron chi connectivity index (χ4n) is 3.14. The van der Waals surface area contributed by atoms with Gasteiger partial charge in [0.05, 0.1) is 11.9 Å². The van der Waals surface area contributed by atoms with Crippen molar-refractivity contribution in [3.63, 3.8) is 0 Å². The normalized spacial score (nSPS) is 11.4. The molecule has 0 unspecified atom stereocenters. The van der Waals surface area contributed by atoms with Gasteiger partial charge in [0, 0.05) is 41.0 Å². The zero-order chi connectivity index (χ0) is 17.8. The van der Waals surface area contributed by atoms with Crippen molar-refractivity contribution in [2.24, 2.45) is 5.10 Å². The number of hydrogen-bond acceptors (Lipinski definition) is 3. The molecule has 0 spiro atoms. The quantitative estimate of drug-likeness (QED) is 0.444. The molecule has 0 aliphatic carbocycles. The van der Waals surface area contributed by atoms with Gasteiger partial charge in [-0.3, -0.25) is 9.78 Å². The molecule has 0 fully saturated rings. The van der Waals surface area contributed by atoms with E-state index in [4.69, 9.17) is 0 Å². The van der Waals surface area contributed by atoms with Crippen molar-refractivity contribution in [2.75, 3.05) is 0 Å². The van der Waals surface area contributed by atoms with Crippen molar-refractivity contribution in [1.29, 1.82) is 0 Å². The highest BCUT2D eigenvalue weighted by Gasteiger charge is 2.10. The molecule has 1 N–H and O–H groups in total. The molecule has 0 aliphatic heterocycles. The van der Waals surface area contributed by atoms with Crippen LogP contribution >= 0.6 is 0 Å². The number of fused-ring (bicyclic) bond motifs is 3. The summed E-state index contributed by atoms with van der Waals surface area (Å²) >= 11 is 0. The Morgan fingerprint density at radius 2 is 1.62 bits per heavy atom. The lowest BCUT2D eigenvalue weighted by atomic mass is 10.2. The lowest BCUT2D eigenvalue weighted by molar-refractivity contribution is -0.121. The molecule has 0 saturated heterocycles. The highest BCUT2D eigenvalue weighted by Crippen LogP contribution is 2.28. The summed E-state index contributed by atoms with van der Waals surface area (Å²) in [7, 11) is 0. The Hall–Kier alpha value is -3.47. The third-order valence-electron chi connectivity index (χ3n) is 4.32. The molecule has 2 aromatic heterocycles. The van der Waals surface area contributed by atoms with Crippen LogP contribution in [0.4, 0.5) is 0 Å². The van der Waals surface area contributed by atoms with E-state index in [-0.39, 0.29) is 5.91 Å². The summed E-state index contributed by atoms with van der Waals surface area (Å²) in [5.74, 6) is -0.126. The molecule has 0 bridgehead atoms. The van der Waals surface area contributed by atoms with E-state index in [0.29, 0.717) is 18.7 Å². The summed E-state index contributed by atoms with van der Waals surface area (Å²) in [4.78, 5) is 16.3. The topological polar surface area (TPSA) is 59.3 Å². The third kappa shape index (κ3) is 3.19. The molecule has 0 atom stereocenters. The number of benzene rings is 2. The second kappa shape index (κ2) is 7.19. The number of nitrogens with zero attached hydrogens (tertiary/aromatic N) is 3. The minimum absolute atomic E-state index is 0.126. The van der Waals surface area contributed by atoms with E-state index in [2.05, 4.69) is 44.3 Å². The van der Waals surface area contributed by atoms with Gasteiger partial charge in [-0.05, 0) is 24.3 Å². The lowest BCUT2D eigenvalue weighted by Crippen LogP contribution is -2.19. The van der Waals surface area contributed by atoms with E-state index in [0.717, 1.165) is 11.0 Å². The number of rotatable bonds is 5. The maximum Gasteiger partial charge on any atom is 0.241 e. The van der Waals surface area contributed by atoms with Gasteiger partial charge in [0.15, 0.2) is 0 Å². The summed E-state index contributed by atoms with van der Waals surface area (Å²) in [5.41, 5.74) is 5.55. The van der Waals surface area contributed by atoms with Gasteiger partial charge in [-0.2, -0.15) is 5.10 Å². The average Bonchev–Trinajstić information content (AvgIpc) is 3.01. The van der Waals surface area contributed by atoms with Gasteiger partial charge in [0.2, 0.25) is 5.91 Å². The first-order chi connectivity index (χ1) is 12.8. The molecule has 26 heavy (non-hydrogen) atoms. The summed E-state index contributed by atoms with van der Waals surface area (Å²) in [6.45, 7) is 0.596. The number of para-hydroxylation sites is 2. The number of aromatic nitrogens is 2. The van der Waals surface area contributed by atoms with Crippen molar-refractivity contribution >= 4 is 33.9 Å². The maximum absolute atomic E-state index is 12.1. The second-order valence-corrected chi connectivity index (χ2v) is 5.98. The first-order valence-corrected chi connectivity index (χ1v) is 8.52. The molecule has 0 aliphatic rings. The first-order valence-electron chi connectivity index (χ1n) is 8.52. The van der Waals surface area contributed by atoms with Crippen LogP contribution in [-0.4, -0.2) is 21.7 Å². The fraction of sp³-hybridized carbons (Fsp3) is 0.0952. The zero-order valence-corrected chi connectivity index (χ0v) is 14.2. The van der Waals surface area contributed by atoms with Crippen LogP contribution in [0, 0.1) is 0 Å². The summed E-state index contributed by atoms with van der Waals surface area (Å²) < 4.78 is 2.19. The summed E-state index contributed by atoms with van der Waals surface area (Å²) in [5, 5.41) is 6.38. The van der Waals surface area contributed by atoms with Crippen LogP contribution in [0.3, 0.4) is 0 Å². The third-order valence-corrected chi connectivity index (χ3v) is 4.32. The van der Waals surface area contributed by atoms with E-state index < -0.39 is 0 Å². The molecular weight excluding hydrogens is 324 g/mol. The average molecular weight is 342 g/mol. The van der Waals surface area contributed by atoms with Gasteiger partial charge < -0.3 is 4.57 Å². The van der Waals surface area contributed by atoms with Crippen molar-refractivity contribution in [1.82, 2.24) is 15.0 Å². The molecule has 4 rings (SSSR count). The van der Waals surface area contributed by atoms with Crippen molar-refractivity contribution in [2.45, 2.75) is 13.0 Å². The molecule has 5 heteroatoms. The number of hydrazone groups is 1. The molecule has 4 aromatic rings. The van der Waals surface area contributed by atoms with Gasteiger partial charge in [-0.25, -0.2) is 5.43 Å². The first kappa shape index (κ1) is 16.0. The number of carbonyl (C=O) groups excluding carboxylic acids is 1. The van der Waals surface area contributed by atoms with Crippen molar-refractivity contribution in [3.05, 3.63) is 78.6 Å². The van der Waals surface area contributed by atoms with Gasteiger partial charge in [0.1, 0.15) is 0 Å². The molecular formula is C21H18N4O. The Bertz CT molecular complexity index is 1030. The van der Waals surface area contributed by atoms with E-state index in [9.17, 15) is 4.79 Å². The second-order valence-electron chi connectivity index (χ2n) is 5.98. The van der Waals surface area contributed by atoms with Crippen LogP contribution in [0.2, 0.25) is 0 Å². The molecule has 5 nitrogen and oxygen atoms in total. The number of nitrogens with one attached hydrogen (secondary N) is 1. The van der Waals surface area contributed by atoms with Gasteiger partial charge in [0.25, 0.3) is 0 Å². The lowest BCUT2D eigenvalue weighted by Gasteiger charge is -2.06. The molecule has 2 heterocycles. The van der Waals surface area contributed by atoms with Gasteiger partial charge in [-0.1, -0.05) is 42.5 Å². The minimum atomic E-state index is -0.126. The van der Waals surface area contributed by atoms with Crippen molar-refractivity contribution < 1.29 is 4.79 Å². The Kier molecular flexibility index (Phi) is 4.43. The van der Waals surface area contributed by atoms with Crippen LogP contribution in [0.25, 0.3) is 21.8 Å². The standard InChI is InChI=1S/C21H18N4O/c26-21(24-23-15-16-7-5-6-13-22-16)12-14-25-19-10-3-1-8-17(19)18-9-2-4-11-20(18)25/h1-11,13,15H,12,14H2,(H,24,26). The smallest absolute Gasteiger partial charge is 0.241 e. The van der Waals surface area contributed by atoms with Gasteiger partial charge in [-0.15, -0.1) is 0 Å². The maximum atomic E-state index is 12.1. The van der Waals surface area contributed by atoms with Crippen LogP contribution in [0.5, 0.6) is 0 Å². The summed E-state index contributed by atoms with van der Waals surface area (Å²) in [6.07, 6.45) is 3.58. The zero-order valence-electron chi connectivity index (χ0n) is 14.2. The molecule has 2 aromatic carbocycles. The van der Waals surface area contributed by atoms with E-state index in [1.165, 1.54) is 10.8 Å². The SMILES string of the molecule is O=C(CCn1c2ccccc2c2ccccc21)NN=Cc1ccccn1. The molecule has 0 saturated carbocycles. The predicted molar refractivity (Wildman–Crippen MR) is 104 cm³/mol. The number of hydrogen-bond donors (Lipinski definition) is 1. The highest BCUT2D eigenvalue weighted by atomic mass is 16.2. The minimum Gasteiger partial charge on any atom is -0.340 e. The molecule has 128 valence electrons. The predicted octanol–water partition coefficient (Wildman–Crippen LogP) is 3.73. The molecule has 0 radical (unpaired) electrons. The van der Waals surface area contributed by atoms with E-state index >= 15 is 0 Å². The van der Waals surface area contributed by atoms with Crippen LogP contribution in [0.1, 0.15) is 12.1 Å². The molecule has 1 amide bonds. The van der Waals surface area contributed by atoms with Crippen LogP contribution < -0.4 is 5.43 Å². The summed E-state index contributed by atoms with van der Waals surface area (Å²) in [6, 6.07) is 22.1.